The quantitative estimate of drug-likeness (QED) is 0.651. The monoisotopic (exact) mass is 180 g/mol. The second-order valence-electron chi connectivity index (χ2n) is 3.59. The Morgan fingerprint density at radius 2 is 1.92 bits per heavy atom. The van der Waals surface area contributed by atoms with Crippen LogP contribution in [0.3, 0.4) is 0 Å². The van der Waals surface area contributed by atoms with Gasteiger partial charge in [0.25, 0.3) is 0 Å². The molecule has 0 amide bonds. The summed E-state index contributed by atoms with van der Waals surface area (Å²) < 4.78 is 13.4. The molecule has 0 saturated heterocycles. The van der Waals surface area contributed by atoms with Crippen molar-refractivity contribution in [2.45, 2.75) is 25.2 Å². The van der Waals surface area contributed by atoms with E-state index in [0.29, 0.717) is 22.9 Å². The van der Waals surface area contributed by atoms with E-state index in [0.717, 1.165) is 12.8 Å². The first-order valence-electron chi connectivity index (χ1n) is 4.53. The van der Waals surface area contributed by atoms with E-state index >= 15 is 0 Å². The van der Waals surface area contributed by atoms with Crippen LogP contribution >= 0.6 is 0 Å². The molecule has 1 aliphatic carbocycles. The van der Waals surface area contributed by atoms with Gasteiger partial charge in [-0.05, 0) is 30.9 Å². The molecule has 1 saturated carbocycles. The molecule has 70 valence electrons. The number of anilines is 2. The summed E-state index contributed by atoms with van der Waals surface area (Å²) in [5.74, 6) is 0.0832. The minimum absolute atomic E-state index is 0.212. The van der Waals surface area contributed by atoms with Crippen LogP contribution < -0.4 is 11.5 Å². The second-order valence-corrected chi connectivity index (χ2v) is 3.59. The lowest BCUT2D eigenvalue weighted by molar-refractivity contribution is 0.406. The lowest BCUT2D eigenvalue weighted by atomic mass is 9.79. The molecule has 4 N–H and O–H groups in total. The Hall–Kier alpha value is -1.25. The molecule has 1 aromatic rings. The minimum atomic E-state index is -0.212. The molecule has 0 aliphatic heterocycles. The van der Waals surface area contributed by atoms with Gasteiger partial charge in [0.05, 0.1) is 11.4 Å². The summed E-state index contributed by atoms with van der Waals surface area (Å²) in [7, 11) is 0. The highest BCUT2D eigenvalue weighted by Gasteiger charge is 2.25. The molecule has 2 nitrogen and oxygen atoms in total. The van der Waals surface area contributed by atoms with Gasteiger partial charge in [0.2, 0.25) is 0 Å². The van der Waals surface area contributed by atoms with Crippen LogP contribution in [0.15, 0.2) is 12.1 Å². The van der Waals surface area contributed by atoms with E-state index in [2.05, 4.69) is 0 Å². The highest BCUT2D eigenvalue weighted by molar-refractivity contribution is 5.68. The normalized spacial score (nSPS) is 17.0. The third kappa shape index (κ3) is 1.24. The molecule has 2 rings (SSSR count). The topological polar surface area (TPSA) is 52.0 Å². The molecule has 0 aromatic heterocycles. The SMILES string of the molecule is Nc1ccc(F)c(C2CCC2)c1N. The molecular formula is C10H13FN2. The average molecular weight is 180 g/mol. The van der Waals surface area contributed by atoms with Crippen LogP contribution in [-0.4, -0.2) is 0 Å². The molecule has 13 heavy (non-hydrogen) atoms. The summed E-state index contributed by atoms with van der Waals surface area (Å²) in [6, 6.07) is 2.92. The molecule has 0 radical (unpaired) electrons. The van der Waals surface area contributed by atoms with Crippen molar-refractivity contribution < 1.29 is 4.39 Å². The van der Waals surface area contributed by atoms with Crippen molar-refractivity contribution in [3.05, 3.63) is 23.5 Å². The van der Waals surface area contributed by atoms with Crippen molar-refractivity contribution in [2.24, 2.45) is 0 Å². The van der Waals surface area contributed by atoms with Crippen LogP contribution in [0.4, 0.5) is 15.8 Å². The van der Waals surface area contributed by atoms with Crippen LogP contribution in [-0.2, 0) is 0 Å². The molecule has 1 aliphatic rings. The zero-order chi connectivity index (χ0) is 9.42. The van der Waals surface area contributed by atoms with E-state index < -0.39 is 0 Å². The number of hydrogen-bond acceptors (Lipinski definition) is 2. The molecule has 1 aromatic carbocycles. The fraction of sp³-hybridized carbons (Fsp3) is 0.400. The molecule has 0 heterocycles. The van der Waals surface area contributed by atoms with Crippen molar-refractivity contribution in [3.8, 4) is 0 Å². The number of benzene rings is 1. The van der Waals surface area contributed by atoms with Gasteiger partial charge < -0.3 is 11.5 Å². The summed E-state index contributed by atoms with van der Waals surface area (Å²) in [6.45, 7) is 0. The Kier molecular flexibility index (Phi) is 1.87. The molecular weight excluding hydrogens is 167 g/mol. The summed E-state index contributed by atoms with van der Waals surface area (Å²) in [5.41, 5.74) is 12.9. The van der Waals surface area contributed by atoms with Crippen molar-refractivity contribution in [1.82, 2.24) is 0 Å². The fourth-order valence-corrected chi connectivity index (χ4v) is 1.74. The first-order chi connectivity index (χ1) is 6.20. The van der Waals surface area contributed by atoms with Crippen molar-refractivity contribution in [2.75, 3.05) is 11.5 Å². The van der Waals surface area contributed by atoms with Gasteiger partial charge in [-0.3, -0.25) is 0 Å². The Labute approximate surface area is 76.7 Å². The van der Waals surface area contributed by atoms with Gasteiger partial charge >= 0.3 is 0 Å². The maximum absolute atomic E-state index is 13.4. The number of hydrogen-bond donors (Lipinski definition) is 2. The van der Waals surface area contributed by atoms with Crippen LogP contribution in [0.25, 0.3) is 0 Å². The van der Waals surface area contributed by atoms with Gasteiger partial charge in [0.15, 0.2) is 0 Å². The van der Waals surface area contributed by atoms with Crippen LogP contribution in [0.2, 0.25) is 0 Å². The van der Waals surface area contributed by atoms with Crippen LogP contribution in [0.1, 0.15) is 30.7 Å². The fourth-order valence-electron chi connectivity index (χ4n) is 1.74. The zero-order valence-electron chi connectivity index (χ0n) is 7.39. The Bertz CT molecular complexity index is 332. The van der Waals surface area contributed by atoms with Gasteiger partial charge in [0, 0.05) is 5.56 Å². The zero-order valence-corrected chi connectivity index (χ0v) is 7.39. The van der Waals surface area contributed by atoms with E-state index in [1.165, 1.54) is 18.6 Å². The van der Waals surface area contributed by atoms with E-state index in [-0.39, 0.29) is 5.82 Å². The Morgan fingerprint density at radius 1 is 1.23 bits per heavy atom. The van der Waals surface area contributed by atoms with Crippen LogP contribution in [0.5, 0.6) is 0 Å². The van der Waals surface area contributed by atoms with Gasteiger partial charge in [-0.15, -0.1) is 0 Å². The lowest BCUT2D eigenvalue weighted by Gasteiger charge is -2.27. The van der Waals surface area contributed by atoms with Gasteiger partial charge in [-0.25, -0.2) is 4.39 Å². The lowest BCUT2D eigenvalue weighted by Crippen LogP contribution is -2.14. The molecule has 0 unspecified atom stereocenters. The smallest absolute Gasteiger partial charge is 0.128 e. The summed E-state index contributed by atoms with van der Waals surface area (Å²) >= 11 is 0. The van der Waals surface area contributed by atoms with Gasteiger partial charge in [0.1, 0.15) is 5.82 Å². The summed E-state index contributed by atoms with van der Waals surface area (Å²) in [4.78, 5) is 0. The molecule has 0 bridgehead atoms. The number of nitrogen functional groups attached to an aromatic ring is 2. The molecule has 1 fully saturated rings. The second kappa shape index (κ2) is 2.91. The largest absolute Gasteiger partial charge is 0.397 e. The molecule has 0 spiro atoms. The maximum atomic E-state index is 13.4. The minimum Gasteiger partial charge on any atom is -0.397 e. The first kappa shape index (κ1) is 8.35. The van der Waals surface area contributed by atoms with Crippen molar-refractivity contribution >= 4 is 11.4 Å². The van der Waals surface area contributed by atoms with Crippen molar-refractivity contribution in [3.63, 3.8) is 0 Å². The maximum Gasteiger partial charge on any atom is 0.128 e. The highest BCUT2D eigenvalue weighted by Crippen LogP contribution is 2.41. The number of nitrogens with two attached hydrogens (primary N) is 2. The van der Waals surface area contributed by atoms with Crippen molar-refractivity contribution in [1.29, 1.82) is 0 Å². The van der Waals surface area contributed by atoms with Gasteiger partial charge in [-0.2, -0.15) is 0 Å². The van der Waals surface area contributed by atoms with E-state index in [4.69, 9.17) is 11.5 Å². The highest BCUT2D eigenvalue weighted by atomic mass is 19.1. The predicted molar refractivity (Wildman–Crippen MR) is 51.8 cm³/mol. The van der Waals surface area contributed by atoms with E-state index in [9.17, 15) is 4.39 Å². The molecule has 0 atom stereocenters. The third-order valence-electron chi connectivity index (χ3n) is 2.78. The summed E-state index contributed by atoms with van der Waals surface area (Å²) in [5, 5.41) is 0. The van der Waals surface area contributed by atoms with E-state index in [1.54, 1.807) is 0 Å². The van der Waals surface area contributed by atoms with Gasteiger partial charge in [-0.1, -0.05) is 6.42 Å². The van der Waals surface area contributed by atoms with Crippen LogP contribution in [0, 0.1) is 5.82 Å². The Morgan fingerprint density at radius 3 is 2.46 bits per heavy atom. The first-order valence-corrected chi connectivity index (χ1v) is 4.53. The number of rotatable bonds is 1. The summed E-state index contributed by atoms with van der Waals surface area (Å²) in [6.07, 6.45) is 3.23. The average Bonchev–Trinajstić information content (AvgIpc) is 2.02. The Balaban J connectivity index is 2.46. The predicted octanol–water partition coefficient (Wildman–Crippen LogP) is 2.26. The standard InChI is InChI=1S/C10H13FN2/c11-7-4-5-8(12)10(13)9(7)6-2-1-3-6/h4-6H,1-3,12-13H2. The molecule has 3 heteroatoms. The van der Waals surface area contributed by atoms with E-state index in [1.807, 2.05) is 0 Å². The number of halogens is 1. The third-order valence-corrected chi connectivity index (χ3v) is 2.78.